The highest BCUT2D eigenvalue weighted by atomic mass is 16.5. The predicted molar refractivity (Wildman–Crippen MR) is 79.8 cm³/mol. The smallest absolute Gasteiger partial charge is 0.328 e. The van der Waals surface area contributed by atoms with Gasteiger partial charge in [0.1, 0.15) is 5.75 Å². The number of benzene rings is 1. The van der Waals surface area contributed by atoms with Crippen LogP contribution < -0.4 is 10.1 Å². The first-order chi connectivity index (χ1) is 9.93. The molecule has 0 bridgehead atoms. The molecule has 21 heavy (non-hydrogen) atoms. The van der Waals surface area contributed by atoms with Gasteiger partial charge in [0.2, 0.25) is 0 Å². The molecule has 5 heteroatoms. The molecule has 0 saturated heterocycles. The molecule has 1 rings (SSSR count). The van der Waals surface area contributed by atoms with E-state index in [1.165, 1.54) is 6.08 Å². The van der Waals surface area contributed by atoms with Crippen molar-refractivity contribution in [1.29, 1.82) is 0 Å². The number of carboxylic acid groups (broad SMARTS) is 1. The van der Waals surface area contributed by atoms with Crippen LogP contribution in [0, 0.1) is 19.3 Å². The Morgan fingerprint density at radius 2 is 2.24 bits per heavy atom. The zero-order chi connectivity index (χ0) is 15.8. The third-order valence-electron chi connectivity index (χ3n) is 2.61. The molecular weight excluding hydrogens is 270 g/mol. The molecule has 1 aromatic carbocycles. The fourth-order valence-corrected chi connectivity index (χ4v) is 1.59. The molecule has 0 saturated carbocycles. The minimum atomic E-state index is -1.05. The SMILES string of the molecule is C#CCNC(=O)C(C)Oc1ccc(C)cc1C=CC(=O)O. The van der Waals surface area contributed by atoms with Crippen LogP contribution in [-0.2, 0) is 9.59 Å². The molecule has 0 aliphatic rings. The number of aryl methyl sites for hydroxylation is 1. The molecule has 1 amide bonds. The number of rotatable bonds is 6. The van der Waals surface area contributed by atoms with Crippen LogP contribution >= 0.6 is 0 Å². The number of carbonyl (C=O) groups is 2. The van der Waals surface area contributed by atoms with E-state index in [0.29, 0.717) is 11.3 Å². The van der Waals surface area contributed by atoms with Crippen LogP contribution in [0.15, 0.2) is 24.3 Å². The Labute approximate surface area is 123 Å². The van der Waals surface area contributed by atoms with Gasteiger partial charge in [-0.3, -0.25) is 4.79 Å². The van der Waals surface area contributed by atoms with E-state index < -0.39 is 12.1 Å². The maximum atomic E-state index is 11.7. The fraction of sp³-hybridized carbons (Fsp3) is 0.250. The zero-order valence-corrected chi connectivity index (χ0v) is 11.9. The highest BCUT2D eigenvalue weighted by molar-refractivity contribution is 5.86. The summed E-state index contributed by atoms with van der Waals surface area (Å²) in [6, 6.07) is 5.29. The molecule has 110 valence electrons. The maximum Gasteiger partial charge on any atom is 0.328 e. The Kier molecular flexibility index (Phi) is 6.02. The van der Waals surface area contributed by atoms with Crippen molar-refractivity contribution in [2.75, 3.05) is 6.54 Å². The molecule has 0 radical (unpaired) electrons. The minimum absolute atomic E-state index is 0.131. The average molecular weight is 287 g/mol. The molecule has 1 aromatic rings. The van der Waals surface area contributed by atoms with Crippen molar-refractivity contribution in [3.63, 3.8) is 0 Å². The summed E-state index contributed by atoms with van der Waals surface area (Å²) in [6.45, 7) is 3.60. The van der Waals surface area contributed by atoms with Crippen molar-refractivity contribution in [1.82, 2.24) is 5.32 Å². The molecule has 0 heterocycles. The maximum absolute atomic E-state index is 11.7. The van der Waals surface area contributed by atoms with Crippen LogP contribution in [0.3, 0.4) is 0 Å². The molecule has 0 spiro atoms. The Bertz CT molecular complexity index is 599. The van der Waals surface area contributed by atoms with Crippen LogP contribution in [0.4, 0.5) is 0 Å². The van der Waals surface area contributed by atoms with Crippen LogP contribution in [0.2, 0.25) is 0 Å². The lowest BCUT2D eigenvalue weighted by atomic mass is 10.1. The van der Waals surface area contributed by atoms with Gasteiger partial charge in [0.25, 0.3) is 5.91 Å². The Hall–Kier alpha value is -2.74. The van der Waals surface area contributed by atoms with E-state index in [1.54, 1.807) is 19.1 Å². The van der Waals surface area contributed by atoms with Gasteiger partial charge >= 0.3 is 5.97 Å². The first kappa shape index (κ1) is 16.3. The molecule has 1 unspecified atom stereocenters. The minimum Gasteiger partial charge on any atom is -0.480 e. The number of carbonyl (C=O) groups excluding carboxylic acids is 1. The average Bonchev–Trinajstić information content (AvgIpc) is 2.44. The molecule has 2 N–H and O–H groups in total. The first-order valence-corrected chi connectivity index (χ1v) is 6.33. The van der Waals surface area contributed by atoms with Gasteiger partial charge in [0.15, 0.2) is 6.10 Å². The van der Waals surface area contributed by atoms with Crippen molar-refractivity contribution >= 4 is 18.0 Å². The number of aliphatic carboxylic acids is 1. The summed E-state index contributed by atoms with van der Waals surface area (Å²) < 4.78 is 5.57. The van der Waals surface area contributed by atoms with E-state index in [1.807, 2.05) is 13.0 Å². The molecule has 0 aliphatic heterocycles. The van der Waals surface area contributed by atoms with Gasteiger partial charge < -0.3 is 15.2 Å². The van der Waals surface area contributed by atoms with E-state index in [-0.39, 0.29) is 12.5 Å². The van der Waals surface area contributed by atoms with E-state index in [0.717, 1.165) is 11.6 Å². The highest BCUT2D eigenvalue weighted by Gasteiger charge is 2.15. The Balaban J connectivity index is 2.90. The number of amides is 1. The fourth-order valence-electron chi connectivity index (χ4n) is 1.59. The number of terminal acetylenes is 1. The quantitative estimate of drug-likeness (QED) is 0.615. The van der Waals surface area contributed by atoms with E-state index in [9.17, 15) is 9.59 Å². The highest BCUT2D eigenvalue weighted by Crippen LogP contribution is 2.22. The van der Waals surface area contributed by atoms with Gasteiger partial charge in [-0.05, 0) is 32.1 Å². The second-order valence-electron chi connectivity index (χ2n) is 4.39. The molecule has 0 aromatic heterocycles. The standard InChI is InChI=1S/C16H17NO4/c1-4-9-17-16(20)12(3)21-14-7-5-11(2)10-13(14)6-8-15(18)19/h1,5-8,10,12H,9H2,2-3H3,(H,17,20)(H,18,19). The molecule has 5 nitrogen and oxygen atoms in total. The van der Waals surface area contributed by atoms with Crippen LogP contribution in [0.25, 0.3) is 6.08 Å². The molecule has 1 atom stereocenters. The normalized spacial score (nSPS) is 11.7. The van der Waals surface area contributed by atoms with Crippen molar-refractivity contribution in [2.45, 2.75) is 20.0 Å². The van der Waals surface area contributed by atoms with E-state index >= 15 is 0 Å². The number of hydrogen-bond acceptors (Lipinski definition) is 3. The number of carboxylic acids is 1. The number of ether oxygens (including phenoxy) is 1. The largest absolute Gasteiger partial charge is 0.480 e. The zero-order valence-electron chi connectivity index (χ0n) is 11.9. The summed E-state index contributed by atoms with van der Waals surface area (Å²) in [4.78, 5) is 22.3. The van der Waals surface area contributed by atoms with Crippen molar-refractivity contribution < 1.29 is 19.4 Å². The van der Waals surface area contributed by atoms with E-state index in [4.69, 9.17) is 16.3 Å². The summed E-state index contributed by atoms with van der Waals surface area (Å²) in [5.41, 5.74) is 1.55. The summed E-state index contributed by atoms with van der Waals surface area (Å²) in [6.07, 6.45) is 6.78. The summed E-state index contributed by atoms with van der Waals surface area (Å²) in [7, 11) is 0. The Morgan fingerprint density at radius 1 is 1.52 bits per heavy atom. The second kappa shape index (κ2) is 7.75. The molecule has 0 fully saturated rings. The van der Waals surface area contributed by atoms with Gasteiger partial charge in [0.05, 0.1) is 6.54 Å². The topological polar surface area (TPSA) is 75.6 Å². The monoisotopic (exact) mass is 287 g/mol. The van der Waals surface area contributed by atoms with Gasteiger partial charge in [-0.2, -0.15) is 0 Å². The summed E-state index contributed by atoms with van der Waals surface area (Å²) >= 11 is 0. The third kappa shape index (κ3) is 5.41. The van der Waals surface area contributed by atoms with Gasteiger partial charge in [0, 0.05) is 11.6 Å². The molecule has 0 aliphatic carbocycles. The van der Waals surface area contributed by atoms with Crippen molar-refractivity contribution in [3.05, 3.63) is 35.4 Å². The van der Waals surface area contributed by atoms with Gasteiger partial charge in [-0.25, -0.2) is 4.79 Å². The van der Waals surface area contributed by atoms with Crippen LogP contribution in [0.5, 0.6) is 5.75 Å². The number of nitrogens with one attached hydrogen (secondary N) is 1. The van der Waals surface area contributed by atoms with Gasteiger partial charge in [-0.15, -0.1) is 6.42 Å². The van der Waals surface area contributed by atoms with Crippen molar-refractivity contribution in [2.24, 2.45) is 0 Å². The second-order valence-corrected chi connectivity index (χ2v) is 4.39. The van der Waals surface area contributed by atoms with Gasteiger partial charge in [-0.1, -0.05) is 17.6 Å². The molecular formula is C16H17NO4. The van der Waals surface area contributed by atoms with Crippen molar-refractivity contribution in [3.8, 4) is 18.1 Å². The summed E-state index contributed by atoms with van der Waals surface area (Å²) in [5.74, 6) is 1.35. The third-order valence-corrected chi connectivity index (χ3v) is 2.61. The van der Waals surface area contributed by atoms with Crippen LogP contribution in [0.1, 0.15) is 18.1 Å². The first-order valence-electron chi connectivity index (χ1n) is 6.33. The predicted octanol–water partition coefficient (Wildman–Crippen LogP) is 1.61. The van der Waals surface area contributed by atoms with Crippen LogP contribution in [-0.4, -0.2) is 29.6 Å². The summed E-state index contributed by atoms with van der Waals surface area (Å²) in [5, 5.41) is 11.2. The number of hydrogen-bond donors (Lipinski definition) is 2. The lowest BCUT2D eigenvalue weighted by molar-refractivity contribution is -0.131. The lowest BCUT2D eigenvalue weighted by Crippen LogP contribution is -2.36. The lowest BCUT2D eigenvalue weighted by Gasteiger charge is -2.16. The van der Waals surface area contributed by atoms with E-state index in [2.05, 4.69) is 11.2 Å². The Morgan fingerprint density at radius 3 is 2.86 bits per heavy atom.